The first-order valence-corrected chi connectivity index (χ1v) is 6.32. The Morgan fingerprint density at radius 2 is 2.14 bits per heavy atom. The van der Waals surface area contributed by atoms with E-state index in [1.54, 1.807) is 0 Å². The third-order valence-corrected chi connectivity index (χ3v) is 3.39. The monoisotopic (exact) mass is 303 g/mol. The summed E-state index contributed by atoms with van der Waals surface area (Å²) in [7, 11) is 0. The molecule has 0 amide bonds. The maximum Gasteiger partial charge on any atom is 0.414 e. The second-order valence-corrected chi connectivity index (χ2v) is 4.72. The minimum atomic E-state index is -4.47. The van der Waals surface area contributed by atoms with Crippen LogP contribution in [0.15, 0.2) is 6.33 Å². The highest BCUT2D eigenvalue weighted by Crippen LogP contribution is 2.43. The summed E-state index contributed by atoms with van der Waals surface area (Å²) in [6, 6.07) is 0. The van der Waals surface area contributed by atoms with Crippen LogP contribution in [0.25, 0.3) is 0 Å². The molecule has 1 unspecified atom stereocenters. The summed E-state index contributed by atoms with van der Waals surface area (Å²) >= 11 is 0. The Morgan fingerprint density at radius 1 is 1.29 bits per heavy atom. The van der Waals surface area contributed by atoms with Gasteiger partial charge in [0.2, 0.25) is 5.82 Å². The molecular formula is C9H12F3N9. The van der Waals surface area contributed by atoms with Crippen molar-refractivity contribution in [1.29, 1.82) is 0 Å². The quantitative estimate of drug-likeness (QED) is 0.813. The highest BCUT2D eigenvalue weighted by atomic mass is 19.4. The zero-order valence-corrected chi connectivity index (χ0v) is 10.8. The predicted octanol–water partition coefficient (Wildman–Crippen LogP) is -0.499. The molecule has 0 spiro atoms. The van der Waals surface area contributed by atoms with Gasteiger partial charge in [-0.15, -0.1) is 15.3 Å². The number of halogens is 3. The largest absolute Gasteiger partial charge is 0.414 e. The average molecular weight is 303 g/mol. The number of hydrogen-bond donors (Lipinski definition) is 1. The Kier molecular flexibility index (Phi) is 3.31. The topological polar surface area (TPSA) is 99.2 Å². The normalized spacial score (nSPS) is 22.8. The zero-order chi connectivity index (χ0) is 14.9. The van der Waals surface area contributed by atoms with Gasteiger partial charge in [-0.05, 0) is 35.0 Å². The van der Waals surface area contributed by atoms with Crippen LogP contribution in [-0.2, 0) is 18.6 Å². The van der Waals surface area contributed by atoms with Crippen LogP contribution in [0, 0.1) is 0 Å². The van der Waals surface area contributed by atoms with Gasteiger partial charge in [-0.3, -0.25) is 5.32 Å². The van der Waals surface area contributed by atoms with Crippen LogP contribution >= 0.6 is 0 Å². The average Bonchev–Trinajstić information content (AvgIpc) is 3.17. The van der Waals surface area contributed by atoms with Crippen LogP contribution in [0.4, 0.5) is 13.2 Å². The zero-order valence-electron chi connectivity index (χ0n) is 10.8. The van der Waals surface area contributed by atoms with Crippen molar-refractivity contribution in [2.24, 2.45) is 0 Å². The Bertz CT molecular complexity index is 584. The van der Waals surface area contributed by atoms with Crippen LogP contribution in [-0.4, -0.2) is 53.1 Å². The van der Waals surface area contributed by atoms with Crippen LogP contribution in [0.3, 0.4) is 0 Å². The molecule has 3 heterocycles. The third-order valence-electron chi connectivity index (χ3n) is 3.39. The SMILES string of the molecule is FC(F)(F)C1(c2nnn(CCn3cnnn3)n2)CCCN1. The molecule has 12 heteroatoms. The van der Waals surface area contributed by atoms with Gasteiger partial charge in [-0.1, -0.05) is 0 Å². The lowest BCUT2D eigenvalue weighted by atomic mass is 9.96. The minimum absolute atomic E-state index is 0.0881. The highest BCUT2D eigenvalue weighted by molar-refractivity contribution is 5.11. The van der Waals surface area contributed by atoms with Gasteiger partial charge in [0.05, 0.1) is 13.1 Å². The third kappa shape index (κ3) is 2.46. The van der Waals surface area contributed by atoms with E-state index in [-0.39, 0.29) is 25.3 Å². The minimum Gasteiger partial charge on any atom is -0.297 e. The maximum atomic E-state index is 13.3. The molecular weight excluding hydrogens is 291 g/mol. The molecule has 1 saturated heterocycles. The molecule has 2 aromatic heterocycles. The molecule has 2 aromatic rings. The molecule has 1 atom stereocenters. The summed E-state index contributed by atoms with van der Waals surface area (Å²) in [6.07, 6.45) is -2.74. The van der Waals surface area contributed by atoms with Crippen molar-refractivity contribution in [3.05, 3.63) is 12.2 Å². The van der Waals surface area contributed by atoms with Gasteiger partial charge in [-0.25, -0.2) is 4.68 Å². The summed E-state index contributed by atoms with van der Waals surface area (Å²) in [6.45, 7) is 0.847. The van der Waals surface area contributed by atoms with Crippen LogP contribution in [0.5, 0.6) is 0 Å². The molecule has 0 aromatic carbocycles. The Labute approximate surface area is 116 Å². The van der Waals surface area contributed by atoms with E-state index in [2.05, 4.69) is 36.3 Å². The molecule has 1 aliphatic rings. The van der Waals surface area contributed by atoms with E-state index in [1.165, 1.54) is 11.0 Å². The van der Waals surface area contributed by atoms with E-state index in [1.807, 2.05) is 0 Å². The fourth-order valence-corrected chi connectivity index (χ4v) is 2.29. The molecule has 0 bridgehead atoms. The number of rotatable bonds is 4. The van der Waals surface area contributed by atoms with E-state index in [0.717, 1.165) is 4.80 Å². The molecule has 1 aliphatic heterocycles. The van der Waals surface area contributed by atoms with Gasteiger partial charge >= 0.3 is 6.18 Å². The highest BCUT2D eigenvalue weighted by Gasteiger charge is 2.60. The van der Waals surface area contributed by atoms with Crippen molar-refractivity contribution in [3.63, 3.8) is 0 Å². The molecule has 0 saturated carbocycles. The molecule has 0 aliphatic carbocycles. The Morgan fingerprint density at radius 3 is 2.76 bits per heavy atom. The van der Waals surface area contributed by atoms with Gasteiger partial charge in [0, 0.05) is 0 Å². The molecule has 1 fully saturated rings. The van der Waals surface area contributed by atoms with Gasteiger partial charge in [0.25, 0.3) is 0 Å². The van der Waals surface area contributed by atoms with Crippen LogP contribution in [0.1, 0.15) is 18.7 Å². The lowest BCUT2D eigenvalue weighted by Crippen LogP contribution is -2.50. The molecule has 21 heavy (non-hydrogen) atoms. The van der Waals surface area contributed by atoms with E-state index >= 15 is 0 Å². The van der Waals surface area contributed by atoms with Crippen molar-refractivity contribution in [1.82, 2.24) is 45.7 Å². The number of nitrogens with zero attached hydrogens (tertiary/aromatic N) is 8. The number of aromatic nitrogens is 8. The molecule has 1 N–H and O–H groups in total. The first kappa shape index (κ1) is 13.9. The van der Waals surface area contributed by atoms with Gasteiger partial charge in [0.1, 0.15) is 6.33 Å². The molecule has 114 valence electrons. The van der Waals surface area contributed by atoms with Crippen molar-refractivity contribution in [2.75, 3.05) is 6.54 Å². The summed E-state index contributed by atoms with van der Waals surface area (Å²) in [5, 5.41) is 24.1. The predicted molar refractivity (Wildman–Crippen MR) is 60.6 cm³/mol. The van der Waals surface area contributed by atoms with E-state index in [4.69, 9.17) is 0 Å². The number of tetrazole rings is 2. The Balaban J connectivity index is 1.77. The maximum absolute atomic E-state index is 13.3. The van der Waals surface area contributed by atoms with E-state index in [0.29, 0.717) is 13.0 Å². The summed E-state index contributed by atoms with van der Waals surface area (Å²) in [4.78, 5) is 1.12. The summed E-state index contributed by atoms with van der Waals surface area (Å²) in [5.74, 6) is -0.343. The fraction of sp³-hybridized carbons (Fsp3) is 0.778. The van der Waals surface area contributed by atoms with Crippen molar-refractivity contribution >= 4 is 0 Å². The Hall–Kier alpha value is -2.11. The van der Waals surface area contributed by atoms with Crippen molar-refractivity contribution < 1.29 is 13.2 Å². The number of hydrogen-bond acceptors (Lipinski definition) is 7. The summed E-state index contributed by atoms with van der Waals surface area (Å²) < 4.78 is 41.4. The lowest BCUT2D eigenvalue weighted by Gasteiger charge is -2.28. The van der Waals surface area contributed by atoms with Crippen molar-refractivity contribution in [2.45, 2.75) is 37.6 Å². The van der Waals surface area contributed by atoms with Gasteiger partial charge < -0.3 is 0 Å². The second kappa shape index (κ2) is 5.02. The first-order chi connectivity index (χ1) is 10.0. The summed E-state index contributed by atoms with van der Waals surface area (Å²) in [5.41, 5.74) is -2.19. The van der Waals surface area contributed by atoms with Gasteiger partial charge in [-0.2, -0.15) is 18.0 Å². The number of aryl methyl sites for hydroxylation is 2. The standard InChI is InChI=1S/C9H12F3N9/c10-9(11,12)8(2-1-3-13-8)7-15-18-21(16-7)5-4-20-6-14-17-19-20/h6,13H,1-5H2. The van der Waals surface area contributed by atoms with E-state index < -0.39 is 11.7 Å². The molecule has 9 nitrogen and oxygen atoms in total. The number of alkyl halides is 3. The smallest absolute Gasteiger partial charge is 0.297 e. The number of nitrogens with one attached hydrogen (secondary N) is 1. The van der Waals surface area contributed by atoms with Crippen LogP contribution < -0.4 is 5.32 Å². The fourth-order valence-electron chi connectivity index (χ4n) is 2.29. The molecule has 3 rings (SSSR count). The molecule has 0 radical (unpaired) electrons. The second-order valence-electron chi connectivity index (χ2n) is 4.72. The van der Waals surface area contributed by atoms with Crippen molar-refractivity contribution in [3.8, 4) is 0 Å². The van der Waals surface area contributed by atoms with Gasteiger partial charge in [0.15, 0.2) is 5.54 Å². The lowest BCUT2D eigenvalue weighted by molar-refractivity contribution is -0.198. The first-order valence-electron chi connectivity index (χ1n) is 6.32. The van der Waals surface area contributed by atoms with Crippen LogP contribution in [0.2, 0.25) is 0 Å². The van der Waals surface area contributed by atoms with E-state index in [9.17, 15) is 13.2 Å².